The molecule has 1 aliphatic carbocycles. The second-order valence-corrected chi connectivity index (χ2v) is 7.04. The molecular formula is C9H19NO2S. The van der Waals surface area contributed by atoms with Gasteiger partial charge in [0.15, 0.2) is 9.84 Å². The molecule has 0 radical (unpaired) electrons. The van der Waals surface area contributed by atoms with E-state index >= 15 is 0 Å². The second kappa shape index (κ2) is 3.24. The van der Waals surface area contributed by atoms with Gasteiger partial charge in [-0.3, -0.25) is 0 Å². The van der Waals surface area contributed by atoms with Crippen LogP contribution in [-0.4, -0.2) is 26.0 Å². The Hall–Kier alpha value is -0.0900. The van der Waals surface area contributed by atoms with Crippen molar-refractivity contribution < 1.29 is 8.42 Å². The molecule has 0 spiro atoms. The predicted molar refractivity (Wildman–Crippen MR) is 54.2 cm³/mol. The van der Waals surface area contributed by atoms with Crippen LogP contribution in [0.25, 0.3) is 0 Å². The van der Waals surface area contributed by atoms with Crippen LogP contribution in [0.4, 0.5) is 0 Å². The lowest BCUT2D eigenvalue weighted by atomic mass is 9.73. The summed E-state index contributed by atoms with van der Waals surface area (Å²) in [5.41, 5.74) is 5.93. The molecule has 2 unspecified atom stereocenters. The maximum Gasteiger partial charge on any atom is 0.151 e. The lowest BCUT2D eigenvalue weighted by Gasteiger charge is -2.40. The molecular weight excluding hydrogens is 186 g/mol. The summed E-state index contributed by atoms with van der Waals surface area (Å²) in [4.78, 5) is 0. The standard InChI is InChI=1S/C9H19NO2S/c1-9(2)6-4-5-7(8(9)10)13(3,11)12/h7-8H,4-6,10H2,1-3H3. The highest BCUT2D eigenvalue weighted by Gasteiger charge is 2.40. The molecule has 1 aliphatic rings. The minimum atomic E-state index is -2.97. The summed E-state index contributed by atoms with van der Waals surface area (Å²) < 4.78 is 22.8. The molecule has 0 bridgehead atoms. The smallest absolute Gasteiger partial charge is 0.151 e. The van der Waals surface area contributed by atoms with E-state index < -0.39 is 9.84 Å². The van der Waals surface area contributed by atoms with E-state index in [1.165, 1.54) is 6.26 Å². The zero-order valence-corrected chi connectivity index (χ0v) is 9.39. The van der Waals surface area contributed by atoms with Crippen LogP contribution in [0.5, 0.6) is 0 Å². The Kier molecular flexibility index (Phi) is 2.74. The molecule has 0 aliphatic heterocycles. The summed E-state index contributed by atoms with van der Waals surface area (Å²) in [7, 11) is -2.97. The Bertz CT molecular complexity index is 282. The summed E-state index contributed by atoms with van der Waals surface area (Å²) in [6, 6.07) is -0.212. The highest BCUT2D eigenvalue weighted by atomic mass is 32.2. The monoisotopic (exact) mass is 205 g/mol. The average molecular weight is 205 g/mol. The van der Waals surface area contributed by atoms with Gasteiger partial charge in [-0.05, 0) is 18.3 Å². The zero-order valence-electron chi connectivity index (χ0n) is 8.58. The van der Waals surface area contributed by atoms with Crippen molar-refractivity contribution in [3.05, 3.63) is 0 Å². The fraction of sp³-hybridized carbons (Fsp3) is 1.00. The third-order valence-electron chi connectivity index (χ3n) is 3.16. The number of hydrogen-bond acceptors (Lipinski definition) is 3. The SMILES string of the molecule is CC1(C)CCCC(S(C)(=O)=O)C1N. The average Bonchev–Trinajstić information content (AvgIpc) is 1.92. The van der Waals surface area contributed by atoms with Crippen LogP contribution in [-0.2, 0) is 9.84 Å². The van der Waals surface area contributed by atoms with E-state index in [1.54, 1.807) is 0 Å². The van der Waals surface area contributed by atoms with Crippen molar-refractivity contribution in [2.75, 3.05) is 6.26 Å². The van der Waals surface area contributed by atoms with Crippen molar-refractivity contribution >= 4 is 9.84 Å². The molecule has 1 saturated carbocycles. The van der Waals surface area contributed by atoms with E-state index in [9.17, 15) is 8.42 Å². The van der Waals surface area contributed by atoms with Crippen molar-refractivity contribution in [3.8, 4) is 0 Å². The minimum absolute atomic E-state index is 0.0357. The van der Waals surface area contributed by atoms with Gasteiger partial charge in [-0.15, -0.1) is 0 Å². The lowest BCUT2D eigenvalue weighted by molar-refractivity contribution is 0.204. The largest absolute Gasteiger partial charge is 0.326 e. The molecule has 78 valence electrons. The molecule has 2 atom stereocenters. The van der Waals surface area contributed by atoms with E-state index in [0.717, 1.165) is 19.3 Å². The van der Waals surface area contributed by atoms with Crippen LogP contribution in [0.15, 0.2) is 0 Å². The van der Waals surface area contributed by atoms with Crippen molar-refractivity contribution in [2.45, 2.75) is 44.4 Å². The molecule has 0 aromatic heterocycles. The first-order valence-electron chi connectivity index (χ1n) is 4.69. The van der Waals surface area contributed by atoms with Gasteiger partial charge in [-0.25, -0.2) is 8.42 Å². The van der Waals surface area contributed by atoms with Gasteiger partial charge in [0.05, 0.1) is 5.25 Å². The van der Waals surface area contributed by atoms with E-state index in [2.05, 4.69) is 13.8 Å². The van der Waals surface area contributed by atoms with Gasteiger partial charge >= 0.3 is 0 Å². The Balaban J connectivity index is 2.90. The van der Waals surface area contributed by atoms with Crippen molar-refractivity contribution in [2.24, 2.45) is 11.1 Å². The minimum Gasteiger partial charge on any atom is -0.326 e. The topological polar surface area (TPSA) is 60.2 Å². The molecule has 0 amide bonds. The molecule has 0 heterocycles. The first-order valence-corrected chi connectivity index (χ1v) is 6.65. The lowest BCUT2D eigenvalue weighted by Crippen LogP contribution is -2.52. The highest BCUT2D eigenvalue weighted by Crippen LogP contribution is 2.36. The third kappa shape index (κ3) is 2.23. The van der Waals surface area contributed by atoms with E-state index in [1.807, 2.05) is 0 Å². The second-order valence-electron chi connectivity index (χ2n) is 4.77. The zero-order chi connectivity index (χ0) is 10.3. The van der Waals surface area contributed by atoms with E-state index in [0.29, 0.717) is 0 Å². The van der Waals surface area contributed by atoms with Gasteiger partial charge in [-0.1, -0.05) is 20.3 Å². The number of nitrogens with two attached hydrogens (primary N) is 1. The Morgan fingerprint density at radius 3 is 2.31 bits per heavy atom. The van der Waals surface area contributed by atoms with Crippen LogP contribution in [0.2, 0.25) is 0 Å². The summed E-state index contributed by atoms with van der Waals surface area (Å²) >= 11 is 0. The van der Waals surface area contributed by atoms with Crippen molar-refractivity contribution in [1.29, 1.82) is 0 Å². The van der Waals surface area contributed by atoms with Crippen LogP contribution >= 0.6 is 0 Å². The molecule has 13 heavy (non-hydrogen) atoms. The van der Waals surface area contributed by atoms with Gasteiger partial charge < -0.3 is 5.73 Å². The van der Waals surface area contributed by atoms with Crippen molar-refractivity contribution in [1.82, 2.24) is 0 Å². The van der Waals surface area contributed by atoms with Crippen molar-refractivity contribution in [3.63, 3.8) is 0 Å². The molecule has 0 aromatic rings. The first kappa shape index (κ1) is 11.0. The fourth-order valence-corrected chi connectivity index (χ4v) is 3.58. The van der Waals surface area contributed by atoms with Crippen LogP contribution < -0.4 is 5.73 Å². The van der Waals surface area contributed by atoms with Gasteiger partial charge in [0.1, 0.15) is 0 Å². The Labute approximate surface area is 80.6 Å². The molecule has 2 N–H and O–H groups in total. The third-order valence-corrected chi connectivity index (χ3v) is 4.79. The van der Waals surface area contributed by atoms with Crippen LogP contribution in [0, 0.1) is 5.41 Å². The summed E-state index contributed by atoms with van der Waals surface area (Å²) in [5, 5.41) is -0.337. The molecule has 4 heteroatoms. The molecule has 1 rings (SSSR count). The van der Waals surface area contributed by atoms with E-state index in [4.69, 9.17) is 5.73 Å². The molecule has 0 saturated heterocycles. The van der Waals surface area contributed by atoms with Gasteiger partial charge in [-0.2, -0.15) is 0 Å². The number of hydrogen-bond donors (Lipinski definition) is 1. The highest BCUT2D eigenvalue weighted by molar-refractivity contribution is 7.91. The van der Waals surface area contributed by atoms with Gasteiger partial charge in [0, 0.05) is 12.3 Å². The van der Waals surface area contributed by atoms with Crippen LogP contribution in [0.3, 0.4) is 0 Å². The molecule has 3 nitrogen and oxygen atoms in total. The predicted octanol–water partition coefficient (Wildman–Crippen LogP) is 0.937. The first-order chi connectivity index (χ1) is 5.75. The normalized spacial score (nSPS) is 34.5. The fourth-order valence-electron chi connectivity index (χ4n) is 2.09. The van der Waals surface area contributed by atoms with Gasteiger partial charge in [0.25, 0.3) is 0 Å². The number of rotatable bonds is 1. The summed E-state index contributed by atoms with van der Waals surface area (Å²) in [6.45, 7) is 4.10. The van der Waals surface area contributed by atoms with E-state index in [-0.39, 0.29) is 16.7 Å². The van der Waals surface area contributed by atoms with Crippen LogP contribution in [0.1, 0.15) is 33.1 Å². The molecule has 0 aromatic carbocycles. The number of sulfone groups is 1. The maximum atomic E-state index is 11.4. The molecule has 1 fully saturated rings. The Morgan fingerprint density at radius 1 is 1.38 bits per heavy atom. The van der Waals surface area contributed by atoms with Gasteiger partial charge in [0.2, 0.25) is 0 Å². The summed E-state index contributed by atoms with van der Waals surface area (Å²) in [5.74, 6) is 0. The maximum absolute atomic E-state index is 11.4. The quantitative estimate of drug-likeness (QED) is 0.693. The summed E-state index contributed by atoms with van der Waals surface area (Å²) in [6.07, 6.45) is 4.01. The Morgan fingerprint density at radius 2 is 1.92 bits per heavy atom.